The van der Waals surface area contributed by atoms with Crippen LogP contribution in [-0.2, 0) is 6.54 Å². The van der Waals surface area contributed by atoms with Gasteiger partial charge in [0.1, 0.15) is 5.01 Å². The molecule has 0 saturated heterocycles. The average molecular weight is 288 g/mol. The molecule has 0 unspecified atom stereocenters. The SMILES string of the molecule is CCn1cc(C(=O)[C@@H](C#N)c2nc(C(C)C)cs2)cn1. The highest BCUT2D eigenvalue weighted by Crippen LogP contribution is 2.26. The number of nitriles is 1. The predicted molar refractivity (Wildman–Crippen MR) is 76.8 cm³/mol. The Kier molecular flexibility index (Phi) is 4.30. The van der Waals surface area contributed by atoms with Crippen molar-refractivity contribution in [1.29, 1.82) is 5.26 Å². The normalized spacial score (nSPS) is 12.3. The third-order valence-electron chi connectivity index (χ3n) is 3.01. The third kappa shape index (κ3) is 2.78. The van der Waals surface area contributed by atoms with Gasteiger partial charge in [-0.25, -0.2) is 4.98 Å². The van der Waals surface area contributed by atoms with Gasteiger partial charge in [0.25, 0.3) is 0 Å². The molecule has 20 heavy (non-hydrogen) atoms. The summed E-state index contributed by atoms with van der Waals surface area (Å²) in [6.07, 6.45) is 3.18. The van der Waals surface area contributed by atoms with Crippen molar-refractivity contribution in [1.82, 2.24) is 14.8 Å². The first-order valence-electron chi connectivity index (χ1n) is 6.48. The molecule has 1 atom stereocenters. The maximum absolute atomic E-state index is 12.4. The van der Waals surface area contributed by atoms with Crippen molar-refractivity contribution in [3.05, 3.63) is 34.0 Å². The van der Waals surface area contributed by atoms with Gasteiger partial charge in [0.15, 0.2) is 11.7 Å². The molecule has 0 aromatic carbocycles. The van der Waals surface area contributed by atoms with E-state index in [0.29, 0.717) is 17.1 Å². The maximum Gasteiger partial charge on any atom is 0.190 e. The van der Waals surface area contributed by atoms with Gasteiger partial charge in [-0.15, -0.1) is 11.3 Å². The van der Waals surface area contributed by atoms with Gasteiger partial charge >= 0.3 is 0 Å². The Morgan fingerprint density at radius 3 is 2.80 bits per heavy atom. The lowest BCUT2D eigenvalue weighted by molar-refractivity contribution is 0.0978. The van der Waals surface area contributed by atoms with Crippen LogP contribution in [0.5, 0.6) is 0 Å². The number of Topliss-reactive ketones (excluding diaryl/α,β-unsaturated/α-hetero) is 1. The van der Waals surface area contributed by atoms with E-state index in [1.54, 1.807) is 10.9 Å². The molecule has 0 radical (unpaired) electrons. The highest BCUT2D eigenvalue weighted by atomic mass is 32.1. The maximum atomic E-state index is 12.4. The van der Waals surface area contributed by atoms with Crippen LogP contribution in [0.4, 0.5) is 0 Å². The van der Waals surface area contributed by atoms with Crippen molar-refractivity contribution in [2.24, 2.45) is 0 Å². The summed E-state index contributed by atoms with van der Waals surface area (Å²) in [5.41, 5.74) is 1.38. The zero-order valence-electron chi connectivity index (χ0n) is 11.7. The molecule has 2 aromatic heterocycles. The van der Waals surface area contributed by atoms with Gasteiger partial charge in [0.2, 0.25) is 0 Å². The molecule has 104 valence electrons. The number of thiazole rings is 1. The molecule has 0 aliphatic heterocycles. The lowest BCUT2D eigenvalue weighted by Gasteiger charge is -2.03. The molecule has 5 nitrogen and oxygen atoms in total. The summed E-state index contributed by atoms with van der Waals surface area (Å²) in [5, 5.41) is 15.8. The minimum Gasteiger partial charge on any atom is -0.292 e. The smallest absolute Gasteiger partial charge is 0.190 e. The standard InChI is InChI=1S/C14H16N4OS/c1-4-18-7-10(6-16-18)13(19)11(5-15)14-17-12(8-20-14)9(2)3/h6-9,11H,4H2,1-3H3/t11-/m1/s1. The Hall–Kier alpha value is -2.00. The number of aromatic nitrogens is 3. The van der Waals surface area contributed by atoms with Gasteiger partial charge in [-0.3, -0.25) is 9.48 Å². The fraction of sp³-hybridized carbons (Fsp3) is 0.429. The van der Waals surface area contributed by atoms with Crippen LogP contribution in [0, 0.1) is 11.3 Å². The minimum absolute atomic E-state index is 0.239. The van der Waals surface area contributed by atoms with Gasteiger partial charge in [-0.2, -0.15) is 10.4 Å². The second-order valence-electron chi connectivity index (χ2n) is 4.78. The average Bonchev–Trinajstić information content (AvgIpc) is 3.08. The molecule has 6 heteroatoms. The largest absolute Gasteiger partial charge is 0.292 e. The molecule has 0 spiro atoms. The van der Waals surface area contributed by atoms with Gasteiger partial charge in [-0.1, -0.05) is 13.8 Å². The first-order valence-corrected chi connectivity index (χ1v) is 7.36. The number of aryl methyl sites for hydroxylation is 1. The van der Waals surface area contributed by atoms with E-state index in [1.807, 2.05) is 26.2 Å². The Labute approximate surface area is 121 Å². The fourth-order valence-electron chi connectivity index (χ4n) is 1.75. The van der Waals surface area contributed by atoms with Crippen molar-refractivity contribution in [3.8, 4) is 6.07 Å². The van der Waals surface area contributed by atoms with Gasteiger partial charge in [-0.05, 0) is 12.8 Å². The first-order chi connectivity index (χ1) is 9.56. The molecule has 0 aliphatic carbocycles. The highest BCUT2D eigenvalue weighted by Gasteiger charge is 2.26. The Morgan fingerprint density at radius 2 is 2.30 bits per heavy atom. The van der Waals surface area contributed by atoms with Crippen LogP contribution in [0.15, 0.2) is 17.8 Å². The molecule has 0 aliphatic rings. The Bertz CT molecular complexity index is 650. The number of hydrogen-bond donors (Lipinski definition) is 0. The number of ketones is 1. The molecule has 2 aromatic rings. The van der Waals surface area contributed by atoms with Crippen LogP contribution in [-0.4, -0.2) is 20.5 Å². The summed E-state index contributed by atoms with van der Waals surface area (Å²) >= 11 is 1.36. The zero-order chi connectivity index (χ0) is 14.7. The lowest BCUT2D eigenvalue weighted by Crippen LogP contribution is -2.10. The Balaban J connectivity index is 2.27. The van der Waals surface area contributed by atoms with Gasteiger partial charge in [0, 0.05) is 18.1 Å². The van der Waals surface area contributed by atoms with E-state index >= 15 is 0 Å². The van der Waals surface area contributed by atoms with Crippen LogP contribution in [0.2, 0.25) is 0 Å². The monoisotopic (exact) mass is 288 g/mol. The Morgan fingerprint density at radius 1 is 1.55 bits per heavy atom. The van der Waals surface area contributed by atoms with E-state index in [9.17, 15) is 10.1 Å². The summed E-state index contributed by atoms with van der Waals surface area (Å²) < 4.78 is 1.67. The highest BCUT2D eigenvalue weighted by molar-refractivity contribution is 7.10. The number of hydrogen-bond acceptors (Lipinski definition) is 5. The van der Waals surface area contributed by atoms with Crippen LogP contribution < -0.4 is 0 Å². The van der Waals surface area contributed by atoms with Crippen molar-refractivity contribution >= 4 is 17.1 Å². The molecule has 2 rings (SSSR count). The van der Waals surface area contributed by atoms with Crippen LogP contribution >= 0.6 is 11.3 Å². The van der Waals surface area contributed by atoms with Crippen molar-refractivity contribution in [3.63, 3.8) is 0 Å². The van der Waals surface area contributed by atoms with E-state index < -0.39 is 5.92 Å². The summed E-state index contributed by atoms with van der Waals surface area (Å²) in [6, 6.07) is 2.06. The number of rotatable bonds is 5. The van der Waals surface area contributed by atoms with E-state index in [-0.39, 0.29) is 11.7 Å². The van der Waals surface area contributed by atoms with Gasteiger partial charge in [0.05, 0.1) is 23.5 Å². The third-order valence-corrected chi connectivity index (χ3v) is 3.94. The fourth-order valence-corrected chi connectivity index (χ4v) is 2.78. The van der Waals surface area contributed by atoms with Gasteiger partial charge < -0.3 is 0 Å². The molecule has 0 amide bonds. The van der Waals surface area contributed by atoms with Crippen molar-refractivity contribution in [2.45, 2.75) is 39.2 Å². The molecular formula is C14H16N4OS. The van der Waals surface area contributed by atoms with E-state index in [4.69, 9.17) is 0 Å². The van der Waals surface area contributed by atoms with Crippen molar-refractivity contribution in [2.75, 3.05) is 0 Å². The van der Waals surface area contributed by atoms with Crippen LogP contribution in [0.3, 0.4) is 0 Å². The topological polar surface area (TPSA) is 71.6 Å². The quantitative estimate of drug-likeness (QED) is 0.793. The van der Waals surface area contributed by atoms with Crippen LogP contribution in [0.25, 0.3) is 0 Å². The second kappa shape index (κ2) is 5.97. The zero-order valence-corrected chi connectivity index (χ0v) is 12.5. The predicted octanol–water partition coefficient (Wildman–Crippen LogP) is 2.97. The summed E-state index contributed by atoms with van der Waals surface area (Å²) in [5.74, 6) is -0.795. The second-order valence-corrected chi connectivity index (χ2v) is 5.67. The molecule has 0 fully saturated rings. The van der Waals surface area contributed by atoms with E-state index in [0.717, 1.165) is 5.69 Å². The minimum atomic E-state index is -0.845. The number of nitrogens with zero attached hydrogens (tertiary/aromatic N) is 4. The first kappa shape index (κ1) is 14.4. The summed E-state index contributed by atoms with van der Waals surface area (Å²) in [7, 11) is 0. The number of carbonyl (C=O) groups excluding carboxylic acids is 1. The van der Waals surface area contributed by atoms with E-state index in [2.05, 4.69) is 16.2 Å². The van der Waals surface area contributed by atoms with E-state index in [1.165, 1.54) is 17.5 Å². The lowest BCUT2D eigenvalue weighted by atomic mass is 10.0. The van der Waals surface area contributed by atoms with Crippen LogP contribution in [0.1, 0.15) is 53.7 Å². The molecule has 2 heterocycles. The molecule has 0 saturated carbocycles. The summed E-state index contributed by atoms with van der Waals surface area (Å²) in [6.45, 7) is 6.71. The summed E-state index contributed by atoms with van der Waals surface area (Å²) in [4.78, 5) is 16.8. The number of carbonyl (C=O) groups is 1. The van der Waals surface area contributed by atoms with Crippen molar-refractivity contribution < 1.29 is 4.79 Å². The molecule has 0 bridgehead atoms. The molecular weight excluding hydrogens is 272 g/mol. The molecule has 0 N–H and O–H groups in total.